The summed E-state index contributed by atoms with van der Waals surface area (Å²) in [5, 5.41) is 4.43. The van der Waals surface area contributed by atoms with Crippen molar-refractivity contribution in [1.82, 2.24) is 14.5 Å². The van der Waals surface area contributed by atoms with Gasteiger partial charge in [-0.2, -0.15) is 5.10 Å². The third-order valence-corrected chi connectivity index (χ3v) is 5.00. The summed E-state index contributed by atoms with van der Waals surface area (Å²) in [7, 11) is -3.47. The quantitative estimate of drug-likeness (QED) is 0.705. The van der Waals surface area contributed by atoms with E-state index in [0.29, 0.717) is 12.0 Å². The van der Waals surface area contributed by atoms with Crippen LogP contribution in [0.5, 0.6) is 0 Å². The Hall–Kier alpha value is -2.51. The molecule has 5 nitrogen and oxygen atoms in total. The fraction of sp³-hybridized carbons (Fsp3) is 0.167. The molecule has 25 heavy (non-hydrogen) atoms. The fourth-order valence-corrected chi connectivity index (χ4v) is 3.55. The number of hydrogen-bond acceptors (Lipinski definition) is 3. The molecule has 0 radical (unpaired) electrons. The van der Waals surface area contributed by atoms with Crippen LogP contribution in [0.25, 0.3) is 5.69 Å². The molecule has 2 aromatic carbocycles. The summed E-state index contributed by atoms with van der Waals surface area (Å²) in [6.45, 7) is 0.259. The van der Waals surface area contributed by atoms with Gasteiger partial charge in [0.25, 0.3) is 0 Å². The van der Waals surface area contributed by atoms with E-state index in [9.17, 15) is 12.8 Å². The fourth-order valence-electron chi connectivity index (χ4n) is 2.41. The summed E-state index contributed by atoms with van der Waals surface area (Å²) >= 11 is 0. The Kier molecular flexibility index (Phi) is 5.25. The molecule has 1 N–H and O–H groups in total. The summed E-state index contributed by atoms with van der Waals surface area (Å²) in [6.07, 6.45) is 2.33. The minimum atomic E-state index is -3.47. The van der Waals surface area contributed by atoms with E-state index in [-0.39, 0.29) is 18.1 Å². The molecule has 3 rings (SSSR count). The van der Waals surface area contributed by atoms with Gasteiger partial charge in [-0.1, -0.05) is 30.3 Å². The summed E-state index contributed by atoms with van der Waals surface area (Å²) in [5.41, 5.74) is 2.29. The zero-order chi connectivity index (χ0) is 17.7. The first-order valence-corrected chi connectivity index (χ1v) is 9.49. The van der Waals surface area contributed by atoms with Gasteiger partial charge in [0.15, 0.2) is 0 Å². The van der Waals surface area contributed by atoms with Gasteiger partial charge in [-0.05, 0) is 35.9 Å². The zero-order valence-corrected chi connectivity index (χ0v) is 14.3. The first-order valence-electron chi connectivity index (χ1n) is 7.84. The summed E-state index contributed by atoms with van der Waals surface area (Å²) in [5.74, 6) is -0.561. The number of hydrogen-bond donors (Lipinski definition) is 1. The molecule has 130 valence electrons. The Bertz CT molecular complexity index is 922. The van der Waals surface area contributed by atoms with Gasteiger partial charge < -0.3 is 0 Å². The van der Waals surface area contributed by atoms with Crippen molar-refractivity contribution in [2.24, 2.45) is 0 Å². The lowest BCUT2D eigenvalue weighted by Gasteiger charge is -2.06. The molecule has 0 saturated heterocycles. The third kappa shape index (κ3) is 4.98. The van der Waals surface area contributed by atoms with Gasteiger partial charge in [0, 0.05) is 19.2 Å². The molecule has 0 unspecified atom stereocenters. The molecule has 0 aliphatic carbocycles. The lowest BCUT2D eigenvalue weighted by molar-refractivity contribution is 0.580. The third-order valence-electron chi connectivity index (χ3n) is 3.64. The van der Waals surface area contributed by atoms with Gasteiger partial charge in [-0.15, -0.1) is 0 Å². The Balaban J connectivity index is 1.54. The molecule has 1 aromatic heterocycles. The zero-order valence-electron chi connectivity index (χ0n) is 13.5. The molecule has 1 heterocycles. The monoisotopic (exact) mass is 359 g/mol. The van der Waals surface area contributed by atoms with Crippen LogP contribution in [0.3, 0.4) is 0 Å². The highest BCUT2D eigenvalue weighted by Gasteiger charge is 2.11. The Morgan fingerprint density at radius 1 is 1.00 bits per heavy atom. The van der Waals surface area contributed by atoms with Crippen LogP contribution in [0.2, 0.25) is 0 Å². The second kappa shape index (κ2) is 7.58. The molecular formula is C18H18FN3O2S. The van der Waals surface area contributed by atoms with E-state index in [1.54, 1.807) is 4.68 Å². The normalized spacial score (nSPS) is 11.6. The standard InChI is InChI=1S/C18H18FN3O2S/c19-16-8-6-15(7-9-16)14-25(23,24)20-12-10-17-11-13-22(21-17)18-4-2-1-3-5-18/h1-9,11,13,20H,10,12,14H2. The van der Waals surface area contributed by atoms with Gasteiger partial charge in [0.05, 0.1) is 17.1 Å². The molecular weight excluding hydrogens is 341 g/mol. The van der Waals surface area contributed by atoms with Gasteiger partial charge in [-0.25, -0.2) is 22.2 Å². The van der Waals surface area contributed by atoms with E-state index in [1.165, 1.54) is 24.3 Å². The van der Waals surface area contributed by atoms with Crippen LogP contribution >= 0.6 is 0 Å². The molecule has 0 aliphatic heterocycles. The first-order chi connectivity index (χ1) is 12.0. The van der Waals surface area contributed by atoms with Crippen molar-refractivity contribution in [2.75, 3.05) is 6.54 Å². The number of sulfonamides is 1. The largest absolute Gasteiger partial charge is 0.241 e. The van der Waals surface area contributed by atoms with Crippen molar-refractivity contribution in [2.45, 2.75) is 12.2 Å². The van der Waals surface area contributed by atoms with Gasteiger partial charge in [0.1, 0.15) is 5.82 Å². The summed E-state index contributed by atoms with van der Waals surface area (Å²) < 4.78 is 41.3. The van der Waals surface area contributed by atoms with Crippen LogP contribution in [0.1, 0.15) is 11.3 Å². The SMILES string of the molecule is O=S(=O)(Cc1ccc(F)cc1)NCCc1ccn(-c2ccccc2)n1. The predicted octanol–water partition coefficient (Wildman–Crippen LogP) is 2.67. The minimum Gasteiger partial charge on any atom is -0.241 e. The number of nitrogens with one attached hydrogen (secondary N) is 1. The van der Waals surface area contributed by atoms with Crippen molar-refractivity contribution in [3.05, 3.63) is 83.9 Å². The Labute approximate surface area is 146 Å². The number of rotatable bonds is 7. The van der Waals surface area contributed by atoms with Gasteiger partial charge in [-0.3, -0.25) is 0 Å². The molecule has 0 spiro atoms. The van der Waals surface area contributed by atoms with Crippen molar-refractivity contribution >= 4 is 10.0 Å². The van der Waals surface area contributed by atoms with Gasteiger partial charge >= 0.3 is 0 Å². The summed E-state index contributed by atoms with van der Waals surface area (Å²) in [6, 6.07) is 17.0. The predicted molar refractivity (Wildman–Crippen MR) is 94.3 cm³/mol. The summed E-state index contributed by atoms with van der Waals surface area (Å²) in [4.78, 5) is 0. The average molecular weight is 359 g/mol. The average Bonchev–Trinajstić information content (AvgIpc) is 3.06. The molecule has 0 fully saturated rings. The Morgan fingerprint density at radius 2 is 1.72 bits per heavy atom. The maximum Gasteiger partial charge on any atom is 0.215 e. The lowest BCUT2D eigenvalue weighted by Crippen LogP contribution is -2.27. The lowest BCUT2D eigenvalue weighted by atomic mass is 10.2. The highest BCUT2D eigenvalue weighted by molar-refractivity contribution is 7.88. The van der Waals surface area contributed by atoms with E-state index >= 15 is 0 Å². The topological polar surface area (TPSA) is 64.0 Å². The smallest absolute Gasteiger partial charge is 0.215 e. The molecule has 0 amide bonds. The molecule has 7 heteroatoms. The number of benzene rings is 2. The number of para-hydroxylation sites is 1. The highest BCUT2D eigenvalue weighted by Crippen LogP contribution is 2.08. The number of aromatic nitrogens is 2. The minimum absolute atomic E-state index is 0.175. The van der Waals surface area contributed by atoms with Crippen LogP contribution in [0, 0.1) is 5.82 Å². The van der Waals surface area contributed by atoms with E-state index in [0.717, 1.165) is 11.4 Å². The maximum atomic E-state index is 12.9. The van der Waals surface area contributed by atoms with Crippen LogP contribution in [-0.2, 0) is 22.2 Å². The molecule has 0 bridgehead atoms. The maximum absolute atomic E-state index is 12.9. The second-order valence-corrected chi connectivity index (χ2v) is 7.42. The first kappa shape index (κ1) is 17.3. The van der Waals surface area contributed by atoms with Gasteiger partial charge in [0.2, 0.25) is 10.0 Å². The van der Waals surface area contributed by atoms with E-state index in [4.69, 9.17) is 0 Å². The number of halogens is 1. The van der Waals surface area contributed by atoms with Crippen LogP contribution in [-0.4, -0.2) is 24.7 Å². The molecule has 3 aromatic rings. The number of nitrogens with zero attached hydrogens (tertiary/aromatic N) is 2. The molecule has 0 atom stereocenters. The molecule has 0 aliphatic rings. The van der Waals surface area contributed by atoms with Crippen LogP contribution in [0.4, 0.5) is 4.39 Å². The van der Waals surface area contributed by atoms with E-state index in [1.807, 2.05) is 42.6 Å². The second-order valence-electron chi connectivity index (χ2n) is 5.62. The van der Waals surface area contributed by atoms with E-state index in [2.05, 4.69) is 9.82 Å². The van der Waals surface area contributed by atoms with Crippen LogP contribution < -0.4 is 4.72 Å². The van der Waals surface area contributed by atoms with Crippen LogP contribution in [0.15, 0.2) is 66.9 Å². The van der Waals surface area contributed by atoms with Crippen molar-refractivity contribution in [3.63, 3.8) is 0 Å². The van der Waals surface area contributed by atoms with E-state index < -0.39 is 10.0 Å². The van der Waals surface area contributed by atoms with Crippen molar-refractivity contribution in [3.8, 4) is 5.69 Å². The molecule has 0 saturated carbocycles. The van der Waals surface area contributed by atoms with Crippen molar-refractivity contribution in [1.29, 1.82) is 0 Å². The highest BCUT2D eigenvalue weighted by atomic mass is 32.2. The Morgan fingerprint density at radius 3 is 2.44 bits per heavy atom. The van der Waals surface area contributed by atoms with Crippen molar-refractivity contribution < 1.29 is 12.8 Å².